The van der Waals surface area contributed by atoms with Crippen molar-refractivity contribution in [1.29, 1.82) is 0 Å². The molecule has 3 saturated carbocycles. The summed E-state index contributed by atoms with van der Waals surface area (Å²) in [7, 11) is 0. The van der Waals surface area contributed by atoms with Crippen LogP contribution in [-0.4, -0.2) is 102 Å². The molecule has 6 aromatic rings. The summed E-state index contributed by atoms with van der Waals surface area (Å²) < 4.78 is 147. The minimum Gasteiger partial charge on any atom is -0.490 e. The number of benzene rings is 6. The zero-order chi connectivity index (χ0) is 74.7. The fourth-order valence-electron chi connectivity index (χ4n) is 20.1. The quantitative estimate of drug-likeness (QED) is 0.0840. The Bertz CT molecular complexity index is 3650. The van der Waals surface area contributed by atoms with Crippen LogP contribution in [0.4, 0.5) is 39.5 Å². The maximum Gasteiger partial charge on any atom is 0.420 e. The molecule has 0 aromatic heterocycles. The first-order valence-corrected chi connectivity index (χ1v) is 38.8. The van der Waals surface area contributed by atoms with Gasteiger partial charge in [0, 0.05) is 54.4 Å². The van der Waals surface area contributed by atoms with E-state index in [1.807, 2.05) is 39.0 Å². The van der Waals surface area contributed by atoms with Crippen LogP contribution < -0.4 is 14.2 Å². The van der Waals surface area contributed by atoms with Gasteiger partial charge in [-0.2, -0.15) is 39.5 Å². The van der Waals surface area contributed by atoms with Crippen LogP contribution in [0.5, 0.6) is 17.2 Å². The van der Waals surface area contributed by atoms with Crippen LogP contribution in [0.3, 0.4) is 0 Å². The number of hydrogen-bond acceptors (Lipinski definition) is 9. The molecule has 6 aromatic carbocycles. The number of aliphatic carboxylic acids is 3. The van der Waals surface area contributed by atoms with Crippen LogP contribution in [0.15, 0.2) is 91.0 Å². The van der Waals surface area contributed by atoms with Crippen molar-refractivity contribution >= 4 is 50.2 Å². The van der Waals surface area contributed by atoms with E-state index in [4.69, 9.17) is 14.2 Å². The number of carbonyl (C=O) groups is 3. The minimum atomic E-state index is -4.53. The first-order chi connectivity index (χ1) is 49.8. The van der Waals surface area contributed by atoms with Crippen LogP contribution in [0.2, 0.25) is 0 Å². The number of piperidine rings is 3. The lowest BCUT2D eigenvalue weighted by Gasteiger charge is -2.41. The van der Waals surface area contributed by atoms with E-state index >= 15 is 0 Å². The number of nitrogens with zero attached hydrogens (tertiary/aromatic N) is 3. The number of hydrogen-bond donors (Lipinski definition) is 3. The fourth-order valence-corrected chi connectivity index (χ4v) is 20.1. The third kappa shape index (κ3) is 16.6. The molecular formula is C84H102F9N3O9. The van der Waals surface area contributed by atoms with Crippen molar-refractivity contribution < 1.29 is 83.4 Å². The Hall–Kier alpha value is -6.84. The van der Waals surface area contributed by atoms with E-state index in [2.05, 4.69) is 35.5 Å². The van der Waals surface area contributed by atoms with Crippen molar-refractivity contribution in [3.8, 4) is 17.2 Å². The Balaban J connectivity index is 0.000000140. The zero-order valence-electron chi connectivity index (χ0n) is 61.1. The first-order valence-electron chi connectivity index (χ1n) is 38.8. The molecule has 7 unspecified atom stereocenters. The summed E-state index contributed by atoms with van der Waals surface area (Å²) in [5.74, 6) is -1.65. The Morgan fingerprint density at radius 2 is 0.552 bits per heavy atom. The zero-order valence-corrected chi connectivity index (χ0v) is 61.1. The monoisotopic (exact) mass is 1470 g/mol. The van der Waals surface area contributed by atoms with Gasteiger partial charge in [0.15, 0.2) is 0 Å². The number of alkyl halides is 9. The third-order valence-electron chi connectivity index (χ3n) is 25.8. The summed E-state index contributed by atoms with van der Waals surface area (Å²) in [6.45, 7) is 12.6. The molecule has 21 heteroatoms. The highest BCUT2D eigenvalue weighted by Gasteiger charge is 2.49. The maximum atomic E-state index is 14.4. The number of fused-ring (bicyclic) bond motifs is 9. The average Bonchev–Trinajstić information content (AvgIpc) is 1.76. The molecule has 105 heavy (non-hydrogen) atoms. The third-order valence-corrected chi connectivity index (χ3v) is 25.8. The topological polar surface area (TPSA) is 149 Å². The van der Waals surface area contributed by atoms with Gasteiger partial charge < -0.3 is 29.5 Å². The molecule has 6 heterocycles. The van der Waals surface area contributed by atoms with E-state index < -0.39 is 53.1 Å². The molecule has 570 valence electrons. The SMILES string of the molecule is CC1CCC(Oc2ccc3ccc(C(C)N4C5CCC4CC(C(=O)O)C5)cc3c2C(F)(F)F)CC1.CC1CCC(Oc2ccc3ccc([C@@H](C)N4C5CCC4CC(C(=O)O)C5)cc3c2C(F)(F)F)CC1.CC1CCC(Oc2ccc3ccc([C@H](C)N4C5CCC4CC(C(=O)O)C5)cc3c2C(F)(F)F)CC1. The molecule has 15 rings (SSSR count). The van der Waals surface area contributed by atoms with Crippen LogP contribution in [0, 0.1) is 35.5 Å². The van der Waals surface area contributed by atoms with Gasteiger partial charge in [-0.25, -0.2) is 0 Å². The molecule has 0 radical (unpaired) electrons. The second-order valence-electron chi connectivity index (χ2n) is 32.8. The number of carboxylic acids is 3. The minimum absolute atomic E-state index is 0.0725. The Morgan fingerprint density at radius 3 is 0.752 bits per heavy atom. The predicted octanol–water partition coefficient (Wildman–Crippen LogP) is 21.6. The van der Waals surface area contributed by atoms with E-state index in [1.54, 1.807) is 54.6 Å². The Morgan fingerprint density at radius 1 is 0.343 bits per heavy atom. The van der Waals surface area contributed by atoms with E-state index in [0.29, 0.717) is 72.4 Å². The van der Waals surface area contributed by atoms with Crippen molar-refractivity contribution in [2.45, 2.75) is 287 Å². The van der Waals surface area contributed by atoms with E-state index in [-0.39, 0.29) is 124 Å². The predicted molar refractivity (Wildman–Crippen MR) is 385 cm³/mol. The number of rotatable bonds is 15. The molecule has 9 aliphatic rings. The molecular weight excluding hydrogens is 1370 g/mol. The molecule has 9 fully saturated rings. The summed E-state index contributed by atoms with van der Waals surface area (Å²) >= 11 is 0. The van der Waals surface area contributed by atoms with Gasteiger partial charge in [0.2, 0.25) is 0 Å². The molecule has 12 nitrogen and oxygen atoms in total. The molecule has 0 spiro atoms. The first kappa shape index (κ1) is 76.4. The molecule has 3 aliphatic carbocycles. The summed E-state index contributed by atoms with van der Waals surface area (Å²) in [6, 6.07) is 26.4. The van der Waals surface area contributed by atoms with Gasteiger partial charge in [-0.1, -0.05) is 75.4 Å². The van der Waals surface area contributed by atoms with Gasteiger partial charge in [-0.3, -0.25) is 29.1 Å². The molecule has 6 aliphatic heterocycles. The number of ether oxygens (including phenoxy) is 3. The van der Waals surface area contributed by atoms with Gasteiger partial charge in [0.25, 0.3) is 0 Å². The van der Waals surface area contributed by atoms with Crippen LogP contribution in [0.1, 0.15) is 247 Å². The highest BCUT2D eigenvalue weighted by Crippen LogP contribution is 2.52. The second kappa shape index (κ2) is 31.0. The molecule has 0 amide bonds. The van der Waals surface area contributed by atoms with Crippen molar-refractivity contribution in [1.82, 2.24) is 14.7 Å². The van der Waals surface area contributed by atoms with Gasteiger partial charge in [0.05, 0.1) is 36.1 Å². The van der Waals surface area contributed by atoms with E-state index in [1.165, 1.54) is 18.2 Å². The van der Waals surface area contributed by atoms with E-state index in [0.717, 1.165) is 132 Å². The summed E-state index contributed by atoms with van der Waals surface area (Å²) in [4.78, 5) is 41.7. The summed E-state index contributed by atoms with van der Waals surface area (Å²) in [5.41, 5.74) is 0.438. The summed E-state index contributed by atoms with van der Waals surface area (Å²) in [6.07, 6.45) is 5.69. The molecule has 6 bridgehead atoms. The standard InChI is InChI=1S/3C28H34F3NO3/c3*1-16-3-10-23(11-4-16)35-25-12-7-18-5-6-19(15-24(18)26(25)28(29,30)31)17(2)32-21-8-9-22(32)14-20(13-21)27(33)34/h3*5-7,12,15-17,20-23H,3-4,8-11,13-14H2,1-2H3,(H,33,34)/t2*16?,17-,20?,21?,22?,23?;/m10./s1. The van der Waals surface area contributed by atoms with Crippen molar-refractivity contribution in [2.24, 2.45) is 35.5 Å². The van der Waals surface area contributed by atoms with Gasteiger partial charge >= 0.3 is 36.4 Å². The van der Waals surface area contributed by atoms with Gasteiger partial charge in [0.1, 0.15) is 33.9 Å². The second-order valence-corrected chi connectivity index (χ2v) is 32.8. The lowest BCUT2D eigenvalue weighted by atomic mass is 9.88. The normalized spacial score (nSPS) is 30.4. The van der Waals surface area contributed by atoms with Crippen LogP contribution >= 0.6 is 0 Å². The van der Waals surface area contributed by atoms with E-state index in [9.17, 15) is 69.2 Å². The Kier molecular flexibility index (Phi) is 22.6. The number of halogens is 9. The highest BCUT2D eigenvalue weighted by atomic mass is 19.4. The van der Waals surface area contributed by atoms with Crippen molar-refractivity contribution in [2.75, 3.05) is 0 Å². The fraction of sp³-hybridized carbons (Fsp3) is 0.607. The highest BCUT2D eigenvalue weighted by molar-refractivity contribution is 5.91. The molecule has 9 atom stereocenters. The summed E-state index contributed by atoms with van der Waals surface area (Å²) in [5, 5.41) is 30.6. The van der Waals surface area contributed by atoms with Crippen LogP contribution in [-0.2, 0) is 32.9 Å². The smallest absolute Gasteiger partial charge is 0.420 e. The average molecular weight is 1470 g/mol. The van der Waals surface area contributed by atoms with Crippen molar-refractivity contribution in [3.63, 3.8) is 0 Å². The number of carboxylic acid groups (broad SMARTS) is 3. The van der Waals surface area contributed by atoms with Gasteiger partial charge in [-0.15, -0.1) is 0 Å². The lowest BCUT2D eigenvalue weighted by molar-refractivity contribution is -0.145. The lowest BCUT2D eigenvalue weighted by Crippen LogP contribution is -2.45. The van der Waals surface area contributed by atoms with Crippen LogP contribution in [0.25, 0.3) is 32.3 Å². The molecule has 6 saturated heterocycles. The van der Waals surface area contributed by atoms with Gasteiger partial charge in [-0.05, 0) is 278 Å². The Labute approximate surface area is 609 Å². The largest absolute Gasteiger partial charge is 0.490 e. The molecule has 3 N–H and O–H groups in total. The van der Waals surface area contributed by atoms with Crippen molar-refractivity contribution in [3.05, 3.63) is 124 Å². The maximum absolute atomic E-state index is 14.4.